The van der Waals surface area contributed by atoms with Crippen molar-refractivity contribution in [1.82, 2.24) is 20.0 Å². The molecule has 1 aromatic carbocycles. The van der Waals surface area contributed by atoms with E-state index in [1.54, 1.807) is 11.3 Å². The molecule has 2 N–H and O–H groups in total. The lowest BCUT2D eigenvalue weighted by molar-refractivity contribution is 0.289. The number of rotatable bonds is 7. The third-order valence-corrected chi connectivity index (χ3v) is 5.96. The van der Waals surface area contributed by atoms with Gasteiger partial charge in [0.25, 0.3) is 0 Å². The molecule has 9 heteroatoms. The van der Waals surface area contributed by atoms with Crippen LogP contribution in [0.1, 0.15) is 22.6 Å². The number of nitrogens with two attached hydrogens (primary N) is 1. The van der Waals surface area contributed by atoms with Crippen molar-refractivity contribution in [2.24, 2.45) is 0 Å². The number of nitrogen functional groups attached to an aromatic ring is 1. The second-order valence-corrected chi connectivity index (χ2v) is 8.17. The lowest BCUT2D eigenvalue weighted by atomic mass is 10.1. The summed E-state index contributed by atoms with van der Waals surface area (Å²) >= 11 is 3.06. The number of hydrogen-bond acceptors (Lipinski definition) is 8. The van der Waals surface area contributed by atoms with Crippen LogP contribution in [-0.4, -0.2) is 20.0 Å². The monoisotopic (exact) mass is 413 g/mol. The average Bonchev–Trinajstić information content (AvgIpc) is 3.41. The molecule has 0 radical (unpaired) electrons. The van der Waals surface area contributed by atoms with Crippen molar-refractivity contribution < 1.29 is 9.26 Å². The van der Waals surface area contributed by atoms with E-state index in [1.165, 1.54) is 22.0 Å². The summed E-state index contributed by atoms with van der Waals surface area (Å²) in [4.78, 5) is 1.05. The molecule has 0 unspecified atom stereocenters. The van der Waals surface area contributed by atoms with Gasteiger partial charge in [0.05, 0.1) is 10.6 Å². The number of aryl methyl sites for hydroxylation is 2. The molecule has 0 aliphatic carbocycles. The second kappa shape index (κ2) is 8.07. The summed E-state index contributed by atoms with van der Waals surface area (Å²) < 4.78 is 12.7. The summed E-state index contributed by atoms with van der Waals surface area (Å²) in [6, 6.07) is 12.0. The molecule has 144 valence electrons. The van der Waals surface area contributed by atoms with Crippen LogP contribution in [0, 0.1) is 13.8 Å². The number of benzene rings is 1. The van der Waals surface area contributed by atoms with Crippen LogP contribution in [0.25, 0.3) is 10.6 Å². The number of aromatic nitrogens is 4. The Hall–Kier alpha value is -2.78. The summed E-state index contributed by atoms with van der Waals surface area (Å²) in [5.74, 6) is 8.85. The van der Waals surface area contributed by atoms with Crippen molar-refractivity contribution in [2.45, 2.75) is 31.4 Å². The predicted molar refractivity (Wildman–Crippen MR) is 110 cm³/mol. The van der Waals surface area contributed by atoms with E-state index < -0.39 is 0 Å². The molecule has 0 aliphatic rings. The summed E-state index contributed by atoms with van der Waals surface area (Å²) in [7, 11) is 0. The van der Waals surface area contributed by atoms with Gasteiger partial charge < -0.3 is 15.1 Å². The quantitative estimate of drug-likeness (QED) is 0.359. The second-order valence-electron chi connectivity index (χ2n) is 6.27. The fraction of sp³-hybridized carbons (Fsp3) is 0.211. The van der Waals surface area contributed by atoms with Crippen LogP contribution in [0.15, 0.2) is 51.5 Å². The van der Waals surface area contributed by atoms with Gasteiger partial charge in [0, 0.05) is 11.8 Å². The minimum Gasteiger partial charge on any atom is -0.485 e. The van der Waals surface area contributed by atoms with Gasteiger partial charge in [-0.3, -0.25) is 0 Å². The molecule has 28 heavy (non-hydrogen) atoms. The summed E-state index contributed by atoms with van der Waals surface area (Å²) in [5.41, 5.74) is 3.09. The van der Waals surface area contributed by atoms with Crippen molar-refractivity contribution in [3.05, 3.63) is 64.4 Å². The van der Waals surface area contributed by atoms with Gasteiger partial charge in [0.15, 0.2) is 11.6 Å². The van der Waals surface area contributed by atoms with Gasteiger partial charge >= 0.3 is 0 Å². The number of hydrogen-bond donors (Lipinski definition) is 1. The molecule has 0 fully saturated rings. The Morgan fingerprint density at radius 2 is 2.11 bits per heavy atom. The third kappa shape index (κ3) is 4.05. The zero-order valence-corrected chi connectivity index (χ0v) is 17.1. The summed E-state index contributed by atoms with van der Waals surface area (Å²) in [6.07, 6.45) is 0. The van der Waals surface area contributed by atoms with Gasteiger partial charge in [-0.2, -0.15) is 0 Å². The van der Waals surface area contributed by atoms with E-state index in [0.717, 1.165) is 27.6 Å². The van der Waals surface area contributed by atoms with Crippen molar-refractivity contribution in [2.75, 3.05) is 5.84 Å². The first-order valence-corrected chi connectivity index (χ1v) is 10.5. The van der Waals surface area contributed by atoms with E-state index in [1.807, 2.05) is 42.6 Å². The molecular weight excluding hydrogens is 394 g/mol. The molecule has 0 bridgehead atoms. The molecule has 0 spiro atoms. The highest BCUT2D eigenvalue weighted by molar-refractivity contribution is 7.98. The molecule has 4 rings (SSSR count). The van der Waals surface area contributed by atoms with Crippen molar-refractivity contribution >= 4 is 23.1 Å². The first-order valence-electron chi connectivity index (χ1n) is 8.62. The predicted octanol–water partition coefficient (Wildman–Crippen LogP) is 4.20. The smallest absolute Gasteiger partial charge is 0.210 e. The van der Waals surface area contributed by atoms with E-state index in [-0.39, 0.29) is 6.61 Å². The first-order chi connectivity index (χ1) is 13.6. The Morgan fingerprint density at radius 1 is 1.21 bits per heavy atom. The summed E-state index contributed by atoms with van der Waals surface area (Å²) in [6.45, 7) is 4.31. The average molecular weight is 414 g/mol. The highest BCUT2D eigenvalue weighted by Gasteiger charge is 2.14. The van der Waals surface area contributed by atoms with Crippen LogP contribution in [0.3, 0.4) is 0 Å². The van der Waals surface area contributed by atoms with Gasteiger partial charge in [0.2, 0.25) is 5.16 Å². The number of thioether (sulfide) groups is 1. The van der Waals surface area contributed by atoms with Crippen LogP contribution in [0.5, 0.6) is 5.75 Å². The van der Waals surface area contributed by atoms with Crippen molar-refractivity contribution in [3.63, 3.8) is 0 Å². The van der Waals surface area contributed by atoms with Gasteiger partial charge in [-0.1, -0.05) is 40.7 Å². The van der Waals surface area contributed by atoms with E-state index in [4.69, 9.17) is 15.1 Å². The molecular formula is C19H19N5O2S2. The zero-order chi connectivity index (χ0) is 19.5. The Kier molecular flexibility index (Phi) is 5.36. The minimum atomic E-state index is 0.250. The Bertz CT molecular complexity index is 1070. The van der Waals surface area contributed by atoms with Crippen LogP contribution >= 0.6 is 23.1 Å². The maximum atomic E-state index is 6.12. The molecule has 0 amide bonds. The van der Waals surface area contributed by atoms with Gasteiger partial charge in [-0.15, -0.1) is 21.5 Å². The largest absolute Gasteiger partial charge is 0.485 e. The van der Waals surface area contributed by atoms with Crippen molar-refractivity contribution in [3.8, 4) is 16.4 Å². The van der Waals surface area contributed by atoms with Gasteiger partial charge in [-0.25, -0.2) is 4.68 Å². The van der Waals surface area contributed by atoms with E-state index in [2.05, 4.69) is 28.3 Å². The third-order valence-electron chi connectivity index (χ3n) is 4.09. The Balaban J connectivity index is 1.37. The summed E-state index contributed by atoms with van der Waals surface area (Å²) in [5, 5.41) is 15.0. The van der Waals surface area contributed by atoms with Gasteiger partial charge in [0.1, 0.15) is 12.4 Å². The van der Waals surface area contributed by atoms with Crippen molar-refractivity contribution in [1.29, 1.82) is 0 Å². The molecule has 3 aromatic heterocycles. The molecule has 0 atom stereocenters. The molecule has 0 saturated heterocycles. The molecule has 3 heterocycles. The normalized spacial score (nSPS) is 11.1. The molecule has 7 nitrogen and oxygen atoms in total. The van der Waals surface area contributed by atoms with Crippen LogP contribution in [-0.2, 0) is 12.4 Å². The van der Waals surface area contributed by atoms with E-state index >= 15 is 0 Å². The number of ether oxygens (including phenoxy) is 1. The molecule has 0 aliphatic heterocycles. The van der Waals surface area contributed by atoms with E-state index in [9.17, 15) is 0 Å². The van der Waals surface area contributed by atoms with Crippen LogP contribution in [0.2, 0.25) is 0 Å². The molecule has 0 saturated carbocycles. The minimum absolute atomic E-state index is 0.250. The van der Waals surface area contributed by atoms with Crippen LogP contribution in [0.4, 0.5) is 0 Å². The standard InChI is InChI=1S/C19H19N5O2S2/c1-12-5-6-15(13(2)8-12)25-10-18-21-22-19(24(18)20)28-11-14-9-16(26-23-14)17-4-3-7-27-17/h3-9H,10-11,20H2,1-2H3. The fourth-order valence-electron chi connectivity index (χ4n) is 2.66. The maximum Gasteiger partial charge on any atom is 0.210 e. The molecule has 4 aromatic rings. The Labute approximate surface area is 170 Å². The highest BCUT2D eigenvalue weighted by Crippen LogP contribution is 2.28. The fourth-order valence-corrected chi connectivity index (χ4v) is 4.09. The zero-order valence-electron chi connectivity index (χ0n) is 15.5. The first kappa shape index (κ1) is 18.6. The maximum absolute atomic E-state index is 6.12. The van der Waals surface area contributed by atoms with Crippen LogP contribution < -0.4 is 10.6 Å². The topological polar surface area (TPSA) is 92.0 Å². The SMILES string of the molecule is Cc1ccc(OCc2nnc(SCc3cc(-c4cccs4)on3)n2N)c(C)c1. The lowest BCUT2D eigenvalue weighted by Crippen LogP contribution is -2.16. The highest BCUT2D eigenvalue weighted by atomic mass is 32.2. The Morgan fingerprint density at radius 3 is 2.89 bits per heavy atom. The number of thiophene rings is 1. The number of nitrogens with zero attached hydrogens (tertiary/aromatic N) is 4. The van der Waals surface area contributed by atoms with E-state index in [0.29, 0.717) is 16.7 Å². The lowest BCUT2D eigenvalue weighted by Gasteiger charge is -2.09. The van der Waals surface area contributed by atoms with Gasteiger partial charge in [-0.05, 0) is 36.9 Å².